The summed E-state index contributed by atoms with van der Waals surface area (Å²) in [7, 11) is -3.34. The maximum atomic E-state index is 11.8. The van der Waals surface area contributed by atoms with Crippen molar-refractivity contribution in [2.24, 2.45) is 0 Å². The van der Waals surface area contributed by atoms with Gasteiger partial charge in [-0.25, -0.2) is 13.2 Å². The Hall–Kier alpha value is -2.16. The zero-order valence-corrected chi connectivity index (χ0v) is 11.4. The lowest BCUT2D eigenvalue weighted by Crippen LogP contribution is -2.41. The number of amides is 1. The molecule has 0 aromatic carbocycles. The lowest BCUT2D eigenvalue weighted by molar-refractivity contribution is -0.139. The van der Waals surface area contributed by atoms with Gasteiger partial charge in [-0.1, -0.05) is 0 Å². The molecule has 9 heteroatoms. The van der Waals surface area contributed by atoms with Crippen LogP contribution < -0.4 is 5.32 Å². The van der Waals surface area contributed by atoms with Crippen molar-refractivity contribution in [3.63, 3.8) is 0 Å². The van der Waals surface area contributed by atoms with Crippen LogP contribution in [0.15, 0.2) is 18.5 Å². The number of nitrogens with one attached hydrogen (secondary N) is 1. The Balaban J connectivity index is 2.79. The third kappa shape index (κ3) is 4.84. The van der Waals surface area contributed by atoms with Gasteiger partial charge in [-0.3, -0.25) is 9.78 Å². The van der Waals surface area contributed by atoms with E-state index in [9.17, 15) is 23.1 Å². The normalized spacial score (nSPS) is 12.7. The fraction of sp³-hybridized carbons (Fsp3) is 0.364. The molecule has 1 aromatic heterocycles. The van der Waals surface area contributed by atoms with Crippen molar-refractivity contribution in [1.29, 1.82) is 0 Å². The monoisotopic (exact) mass is 302 g/mol. The molecule has 1 heterocycles. The predicted octanol–water partition coefficient (Wildman–Crippen LogP) is -0.595. The number of hydrogen-bond acceptors (Lipinski definition) is 6. The lowest BCUT2D eigenvalue weighted by atomic mass is 10.2. The number of carbonyl (C=O) groups excluding carboxylic acids is 1. The maximum absolute atomic E-state index is 11.8. The van der Waals surface area contributed by atoms with Crippen molar-refractivity contribution in [3.8, 4) is 5.75 Å². The largest absolute Gasteiger partial charge is 0.505 e. The van der Waals surface area contributed by atoms with E-state index < -0.39 is 33.5 Å². The van der Waals surface area contributed by atoms with E-state index in [1.165, 1.54) is 12.3 Å². The number of carbonyl (C=O) groups is 2. The Kier molecular flexibility index (Phi) is 5.03. The van der Waals surface area contributed by atoms with E-state index >= 15 is 0 Å². The van der Waals surface area contributed by atoms with Gasteiger partial charge >= 0.3 is 5.97 Å². The molecule has 0 bridgehead atoms. The number of aliphatic carboxylic acids is 1. The van der Waals surface area contributed by atoms with Crippen LogP contribution in [0.1, 0.15) is 16.8 Å². The molecule has 20 heavy (non-hydrogen) atoms. The molecule has 3 N–H and O–H groups in total. The summed E-state index contributed by atoms with van der Waals surface area (Å²) in [5.41, 5.74) is -0.134. The molecule has 1 atom stereocenters. The van der Waals surface area contributed by atoms with Gasteiger partial charge in [0.1, 0.15) is 21.6 Å². The standard InChI is InChI=1S/C11H14N2O6S/c1-20(18,19)5-3-8(11(16)17)13-10(15)7-2-4-12-6-9(7)14/h2,4,6,8,14H,3,5H2,1H3,(H,13,15)(H,16,17). The van der Waals surface area contributed by atoms with Crippen LogP contribution in [0, 0.1) is 0 Å². The summed E-state index contributed by atoms with van der Waals surface area (Å²) in [6.45, 7) is 0. The first kappa shape index (κ1) is 15.9. The van der Waals surface area contributed by atoms with E-state index in [1.807, 2.05) is 0 Å². The SMILES string of the molecule is CS(=O)(=O)CCC(NC(=O)c1ccncc1O)C(=O)O. The van der Waals surface area contributed by atoms with Gasteiger partial charge in [0, 0.05) is 12.5 Å². The number of nitrogens with zero attached hydrogens (tertiary/aromatic N) is 1. The number of carboxylic acid groups (broad SMARTS) is 1. The van der Waals surface area contributed by atoms with Crippen LogP contribution in [0.25, 0.3) is 0 Å². The number of carboxylic acids is 1. The van der Waals surface area contributed by atoms with E-state index in [0.29, 0.717) is 0 Å². The Morgan fingerprint density at radius 3 is 2.60 bits per heavy atom. The van der Waals surface area contributed by atoms with Crippen LogP contribution in [0.4, 0.5) is 0 Å². The molecule has 1 amide bonds. The summed E-state index contributed by atoms with van der Waals surface area (Å²) in [5, 5.41) is 20.5. The van der Waals surface area contributed by atoms with Crippen LogP contribution in [0.2, 0.25) is 0 Å². The quantitative estimate of drug-likeness (QED) is 0.639. The van der Waals surface area contributed by atoms with Gasteiger partial charge in [0.25, 0.3) is 5.91 Å². The molecule has 1 aromatic rings. The highest BCUT2D eigenvalue weighted by molar-refractivity contribution is 7.90. The van der Waals surface area contributed by atoms with Crippen molar-refractivity contribution in [1.82, 2.24) is 10.3 Å². The molecule has 0 aliphatic carbocycles. The van der Waals surface area contributed by atoms with Crippen molar-refractivity contribution in [2.75, 3.05) is 12.0 Å². The zero-order chi connectivity index (χ0) is 15.3. The highest BCUT2D eigenvalue weighted by Crippen LogP contribution is 2.14. The molecule has 0 fully saturated rings. The number of aromatic nitrogens is 1. The number of rotatable bonds is 6. The molecular weight excluding hydrogens is 288 g/mol. The molecule has 8 nitrogen and oxygen atoms in total. The molecule has 0 aliphatic rings. The molecule has 110 valence electrons. The zero-order valence-electron chi connectivity index (χ0n) is 10.6. The first-order valence-corrected chi connectivity index (χ1v) is 7.61. The third-order valence-electron chi connectivity index (χ3n) is 2.43. The molecule has 0 aliphatic heterocycles. The second kappa shape index (κ2) is 6.33. The maximum Gasteiger partial charge on any atom is 0.326 e. The number of aromatic hydroxyl groups is 1. The Morgan fingerprint density at radius 2 is 2.10 bits per heavy atom. The second-order valence-electron chi connectivity index (χ2n) is 4.18. The van der Waals surface area contributed by atoms with Crippen LogP contribution in [0.3, 0.4) is 0 Å². The summed E-state index contributed by atoms with van der Waals surface area (Å²) in [6.07, 6.45) is 3.02. The van der Waals surface area contributed by atoms with Crippen LogP contribution >= 0.6 is 0 Å². The topological polar surface area (TPSA) is 134 Å². The van der Waals surface area contributed by atoms with Gasteiger partial charge in [-0.05, 0) is 12.5 Å². The highest BCUT2D eigenvalue weighted by atomic mass is 32.2. The summed E-state index contributed by atoms with van der Waals surface area (Å²) in [6, 6.07) is -0.134. The molecule has 1 rings (SSSR count). The predicted molar refractivity (Wildman–Crippen MR) is 69.1 cm³/mol. The molecule has 1 unspecified atom stereocenters. The van der Waals surface area contributed by atoms with Gasteiger partial charge in [0.05, 0.1) is 17.5 Å². The summed E-state index contributed by atoms with van der Waals surface area (Å²) in [4.78, 5) is 26.4. The van der Waals surface area contributed by atoms with E-state index in [1.54, 1.807) is 0 Å². The van der Waals surface area contributed by atoms with Crippen LogP contribution in [0.5, 0.6) is 5.75 Å². The van der Waals surface area contributed by atoms with Gasteiger partial charge in [0.15, 0.2) is 0 Å². The number of pyridine rings is 1. The third-order valence-corrected chi connectivity index (χ3v) is 3.40. The first-order valence-electron chi connectivity index (χ1n) is 5.55. The Labute approximate surface area is 115 Å². The molecular formula is C11H14N2O6S. The second-order valence-corrected chi connectivity index (χ2v) is 6.44. The van der Waals surface area contributed by atoms with E-state index in [4.69, 9.17) is 5.11 Å². The number of hydrogen-bond donors (Lipinski definition) is 3. The Morgan fingerprint density at radius 1 is 1.45 bits per heavy atom. The highest BCUT2D eigenvalue weighted by Gasteiger charge is 2.23. The van der Waals surface area contributed by atoms with Gasteiger partial charge in [-0.15, -0.1) is 0 Å². The fourth-order valence-electron chi connectivity index (χ4n) is 1.40. The smallest absolute Gasteiger partial charge is 0.326 e. The molecule has 0 saturated carbocycles. The van der Waals surface area contributed by atoms with Crippen molar-refractivity contribution < 1.29 is 28.2 Å². The summed E-state index contributed by atoms with van der Waals surface area (Å²) >= 11 is 0. The van der Waals surface area contributed by atoms with Gasteiger partial charge in [0.2, 0.25) is 0 Å². The molecule has 0 radical (unpaired) electrons. The summed E-state index contributed by atoms with van der Waals surface area (Å²) in [5.74, 6) is -2.93. The minimum absolute atomic E-state index is 0.134. The first-order chi connectivity index (χ1) is 9.20. The van der Waals surface area contributed by atoms with E-state index in [2.05, 4.69) is 10.3 Å². The minimum Gasteiger partial charge on any atom is -0.505 e. The van der Waals surface area contributed by atoms with Gasteiger partial charge < -0.3 is 15.5 Å². The number of sulfone groups is 1. The average molecular weight is 302 g/mol. The van der Waals surface area contributed by atoms with Crippen LogP contribution in [-0.2, 0) is 14.6 Å². The average Bonchev–Trinajstić information content (AvgIpc) is 2.33. The van der Waals surface area contributed by atoms with Crippen molar-refractivity contribution in [3.05, 3.63) is 24.0 Å². The Bertz CT molecular complexity index is 613. The minimum atomic E-state index is -3.34. The van der Waals surface area contributed by atoms with Crippen molar-refractivity contribution >= 4 is 21.7 Å². The van der Waals surface area contributed by atoms with Crippen molar-refractivity contribution in [2.45, 2.75) is 12.5 Å². The summed E-state index contributed by atoms with van der Waals surface area (Å²) < 4.78 is 22.0. The molecule has 0 saturated heterocycles. The van der Waals surface area contributed by atoms with Crippen LogP contribution in [-0.4, -0.2) is 53.5 Å². The van der Waals surface area contributed by atoms with Gasteiger partial charge in [-0.2, -0.15) is 0 Å². The van der Waals surface area contributed by atoms with E-state index in [0.717, 1.165) is 12.5 Å². The fourth-order valence-corrected chi connectivity index (χ4v) is 2.07. The molecule has 0 spiro atoms. The van der Waals surface area contributed by atoms with E-state index in [-0.39, 0.29) is 17.7 Å². The lowest BCUT2D eigenvalue weighted by Gasteiger charge is -2.14.